The van der Waals surface area contributed by atoms with Gasteiger partial charge in [-0.15, -0.1) is 0 Å². The van der Waals surface area contributed by atoms with Gasteiger partial charge in [0.05, 0.1) is 16.6 Å². The lowest BCUT2D eigenvalue weighted by Gasteiger charge is -2.09. The average molecular weight is 346 g/mol. The van der Waals surface area contributed by atoms with Crippen molar-refractivity contribution in [2.45, 2.75) is 12.7 Å². The number of halogens is 3. The fourth-order valence-corrected chi connectivity index (χ4v) is 2.26. The van der Waals surface area contributed by atoms with Gasteiger partial charge in [-0.05, 0) is 29.8 Å². The van der Waals surface area contributed by atoms with Crippen molar-refractivity contribution in [2.24, 2.45) is 0 Å². The van der Waals surface area contributed by atoms with Crippen molar-refractivity contribution in [3.05, 3.63) is 65.4 Å². The van der Waals surface area contributed by atoms with Gasteiger partial charge in [0, 0.05) is 6.54 Å². The van der Waals surface area contributed by atoms with Crippen LogP contribution in [0.4, 0.5) is 19.0 Å². The largest absolute Gasteiger partial charge is 0.416 e. The van der Waals surface area contributed by atoms with E-state index in [1.165, 1.54) is 12.1 Å². The molecule has 3 rings (SSSR count). The third kappa shape index (κ3) is 3.68. The Bertz CT molecular complexity index is 923. The Labute approximate surface area is 140 Å². The van der Waals surface area contributed by atoms with Crippen LogP contribution in [-0.4, -0.2) is 15.9 Å². The molecule has 0 radical (unpaired) electrons. The molecule has 0 spiro atoms. The number of nitrogens with zero attached hydrogens (tertiary/aromatic N) is 2. The molecule has 1 amide bonds. The molecular weight excluding hydrogens is 333 g/mol. The second-order valence-corrected chi connectivity index (χ2v) is 5.32. The summed E-state index contributed by atoms with van der Waals surface area (Å²) in [5.74, 6) is -0.556. The lowest BCUT2D eigenvalue weighted by atomic mass is 10.1. The quantitative estimate of drug-likeness (QED) is 0.763. The van der Waals surface area contributed by atoms with E-state index in [1.807, 2.05) is 0 Å². The Morgan fingerprint density at radius 2 is 1.60 bits per heavy atom. The van der Waals surface area contributed by atoms with Crippen LogP contribution >= 0.6 is 0 Å². The molecule has 0 unspecified atom stereocenters. The van der Waals surface area contributed by atoms with Crippen molar-refractivity contribution in [1.82, 2.24) is 15.3 Å². The van der Waals surface area contributed by atoms with Crippen LogP contribution in [0.2, 0.25) is 0 Å². The maximum Gasteiger partial charge on any atom is 0.416 e. The van der Waals surface area contributed by atoms with Crippen molar-refractivity contribution in [3.8, 4) is 0 Å². The van der Waals surface area contributed by atoms with E-state index in [0.717, 1.165) is 12.1 Å². The number of amides is 1. The number of anilines is 1. The van der Waals surface area contributed by atoms with Crippen LogP contribution < -0.4 is 11.1 Å². The number of hydrogen-bond donors (Lipinski definition) is 2. The van der Waals surface area contributed by atoms with Gasteiger partial charge in [0.15, 0.2) is 11.5 Å². The van der Waals surface area contributed by atoms with Crippen LogP contribution in [0.5, 0.6) is 0 Å². The van der Waals surface area contributed by atoms with E-state index in [0.29, 0.717) is 16.6 Å². The lowest BCUT2D eigenvalue weighted by Crippen LogP contribution is -2.25. The van der Waals surface area contributed by atoms with Crippen molar-refractivity contribution >= 4 is 22.8 Å². The number of hydrogen-bond acceptors (Lipinski definition) is 4. The summed E-state index contributed by atoms with van der Waals surface area (Å²) in [7, 11) is 0. The molecule has 0 saturated carbocycles. The molecule has 0 saturated heterocycles. The summed E-state index contributed by atoms with van der Waals surface area (Å²) >= 11 is 0. The minimum Gasteiger partial charge on any atom is -0.382 e. The lowest BCUT2D eigenvalue weighted by molar-refractivity contribution is -0.137. The van der Waals surface area contributed by atoms with Crippen LogP contribution in [0, 0.1) is 0 Å². The van der Waals surface area contributed by atoms with Gasteiger partial charge in [0.25, 0.3) is 5.91 Å². The molecule has 0 aliphatic carbocycles. The van der Waals surface area contributed by atoms with Gasteiger partial charge < -0.3 is 11.1 Å². The fourth-order valence-electron chi connectivity index (χ4n) is 2.26. The molecular formula is C17H13F3N4O. The minimum absolute atomic E-state index is 0.0105. The van der Waals surface area contributed by atoms with Gasteiger partial charge in [-0.1, -0.05) is 24.3 Å². The SMILES string of the molecule is Nc1nc2ccccc2nc1C(=O)NCc1ccc(C(F)(F)F)cc1. The highest BCUT2D eigenvalue weighted by Gasteiger charge is 2.29. The topological polar surface area (TPSA) is 80.9 Å². The van der Waals surface area contributed by atoms with Crippen LogP contribution in [0.3, 0.4) is 0 Å². The Hall–Kier alpha value is -3.16. The zero-order valence-electron chi connectivity index (χ0n) is 12.8. The first-order valence-electron chi connectivity index (χ1n) is 7.31. The summed E-state index contributed by atoms with van der Waals surface area (Å²) in [6, 6.07) is 11.5. The summed E-state index contributed by atoms with van der Waals surface area (Å²) in [6.45, 7) is 0.0465. The molecule has 0 atom stereocenters. The molecule has 2 aromatic carbocycles. The first-order valence-corrected chi connectivity index (χ1v) is 7.31. The normalized spacial score (nSPS) is 11.5. The Balaban J connectivity index is 1.73. The highest BCUT2D eigenvalue weighted by molar-refractivity contribution is 5.98. The van der Waals surface area contributed by atoms with Crippen LogP contribution in [0.25, 0.3) is 11.0 Å². The van der Waals surface area contributed by atoms with E-state index >= 15 is 0 Å². The Morgan fingerprint density at radius 3 is 2.20 bits per heavy atom. The molecule has 8 heteroatoms. The van der Waals surface area contributed by atoms with Crippen LogP contribution in [0.15, 0.2) is 48.5 Å². The van der Waals surface area contributed by atoms with Crippen molar-refractivity contribution < 1.29 is 18.0 Å². The highest BCUT2D eigenvalue weighted by atomic mass is 19.4. The molecule has 0 aliphatic rings. The molecule has 5 nitrogen and oxygen atoms in total. The number of fused-ring (bicyclic) bond motifs is 1. The van der Waals surface area contributed by atoms with Crippen molar-refractivity contribution in [2.75, 3.05) is 5.73 Å². The van der Waals surface area contributed by atoms with E-state index in [1.54, 1.807) is 24.3 Å². The standard InChI is InChI=1S/C17H13F3N4O/c18-17(19,20)11-7-5-10(6-8-11)9-22-16(25)14-15(21)24-13-4-2-1-3-12(13)23-14/h1-8H,9H2,(H2,21,24)(H,22,25). The number of nitrogen functional groups attached to an aromatic ring is 1. The maximum atomic E-state index is 12.5. The maximum absolute atomic E-state index is 12.5. The number of nitrogens with one attached hydrogen (secondary N) is 1. The number of rotatable bonds is 3. The zero-order valence-corrected chi connectivity index (χ0v) is 12.8. The van der Waals surface area contributed by atoms with E-state index in [4.69, 9.17) is 5.73 Å². The molecule has 25 heavy (non-hydrogen) atoms. The molecule has 128 valence electrons. The number of aromatic nitrogens is 2. The Kier molecular flexibility index (Phi) is 4.26. The van der Waals surface area contributed by atoms with Gasteiger partial charge >= 0.3 is 6.18 Å². The molecule has 3 N–H and O–H groups in total. The summed E-state index contributed by atoms with van der Waals surface area (Å²) in [5, 5.41) is 2.58. The van der Waals surface area contributed by atoms with Gasteiger partial charge in [-0.25, -0.2) is 9.97 Å². The van der Waals surface area contributed by atoms with Gasteiger partial charge in [-0.2, -0.15) is 13.2 Å². The second kappa shape index (κ2) is 6.39. The molecule has 1 heterocycles. The van der Waals surface area contributed by atoms with Crippen molar-refractivity contribution in [3.63, 3.8) is 0 Å². The van der Waals surface area contributed by atoms with Gasteiger partial charge in [-0.3, -0.25) is 4.79 Å². The molecule has 0 aliphatic heterocycles. The number of carbonyl (C=O) groups is 1. The molecule has 1 aromatic heterocycles. The number of alkyl halides is 3. The summed E-state index contributed by atoms with van der Waals surface area (Å²) in [6.07, 6.45) is -4.39. The summed E-state index contributed by atoms with van der Waals surface area (Å²) in [4.78, 5) is 20.5. The number of carbonyl (C=O) groups excluding carboxylic acids is 1. The fraction of sp³-hybridized carbons (Fsp3) is 0.118. The Morgan fingerprint density at radius 1 is 1.00 bits per heavy atom. The van der Waals surface area contributed by atoms with Gasteiger partial charge in [0.2, 0.25) is 0 Å². The summed E-state index contributed by atoms with van der Waals surface area (Å²) in [5.41, 5.74) is 6.61. The summed E-state index contributed by atoms with van der Waals surface area (Å²) < 4.78 is 37.6. The highest BCUT2D eigenvalue weighted by Crippen LogP contribution is 2.29. The molecule has 3 aromatic rings. The molecule has 0 bridgehead atoms. The smallest absolute Gasteiger partial charge is 0.382 e. The first-order chi connectivity index (χ1) is 11.8. The van der Waals surface area contributed by atoms with Crippen LogP contribution in [-0.2, 0) is 12.7 Å². The minimum atomic E-state index is -4.39. The predicted molar refractivity (Wildman–Crippen MR) is 86.6 cm³/mol. The van der Waals surface area contributed by atoms with E-state index in [9.17, 15) is 18.0 Å². The van der Waals surface area contributed by atoms with E-state index < -0.39 is 17.6 Å². The first kappa shape index (κ1) is 16.7. The third-order valence-electron chi connectivity index (χ3n) is 3.55. The van der Waals surface area contributed by atoms with Crippen LogP contribution in [0.1, 0.15) is 21.6 Å². The number of benzene rings is 2. The second-order valence-electron chi connectivity index (χ2n) is 5.32. The number of nitrogens with two attached hydrogens (primary N) is 1. The third-order valence-corrected chi connectivity index (χ3v) is 3.55. The van der Waals surface area contributed by atoms with E-state index in [2.05, 4.69) is 15.3 Å². The van der Waals surface area contributed by atoms with Gasteiger partial charge in [0.1, 0.15) is 0 Å². The average Bonchev–Trinajstić information content (AvgIpc) is 2.58. The monoisotopic (exact) mass is 346 g/mol. The molecule has 0 fully saturated rings. The zero-order chi connectivity index (χ0) is 18.0. The predicted octanol–water partition coefficient (Wildman–Crippen LogP) is 3.16. The number of para-hydroxylation sites is 2. The van der Waals surface area contributed by atoms with Crippen molar-refractivity contribution in [1.29, 1.82) is 0 Å². The van der Waals surface area contributed by atoms with E-state index in [-0.39, 0.29) is 18.1 Å².